The fourth-order valence-electron chi connectivity index (χ4n) is 1.34. The minimum atomic E-state index is -3.55. The SMILES string of the molecule is CC(C)(C)OC(=O)Nc1ccc(CS(N)(=O)=O)cc1. The van der Waals surface area contributed by atoms with Crippen molar-refractivity contribution in [3.8, 4) is 0 Å². The van der Waals surface area contributed by atoms with E-state index in [1.807, 2.05) is 0 Å². The van der Waals surface area contributed by atoms with Gasteiger partial charge in [-0.3, -0.25) is 5.32 Å². The molecular formula is C12H18N2O4S. The van der Waals surface area contributed by atoms with Crippen molar-refractivity contribution in [2.75, 3.05) is 5.32 Å². The fourth-order valence-corrected chi connectivity index (χ4v) is 2.00. The van der Waals surface area contributed by atoms with E-state index in [2.05, 4.69) is 5.32 Å². The van der Waals surface area contributed by atoms with Crippen molar-refractivity contribution >= 4 is 21.8 Å². The second-order valence-electron chi connectivity index (χ2n) is 5.13. The van der Waals surface area contributed by atoms with Crippen LogP contribution in [0.5, 0.6) is 0 Å². The van der Waals surface area contributed by atoms with E-state index in [0.29, 0.717) is 11.3 Å². The Kier molecular flexibility index (Phi) is 4.54. The number of anilines is 1. The quantitative estimate of drug-likeness (QED) is 0.885. The zero-order chi connectivity index (χ0) is 14.7. The van der Waals surface area contributed by atoms with Gasteiger partial charge in [-0.1, -0.05) is 12.1 Å². The molecule has 1 rings (SSSR count). The van der Waals surface area contributed by atoms with Gasteiger partial charge >= 0.3 is 6.09 Å². The van der Waals surface area contributed by atoms with Crippen molar-refractivity contribution in [2.24, 2.45) is 5.14 Å². The Hall–Kier alpha value is -1.60. The predicted molar refractivity (Wildman–Crippen MR) is 73.1 cm³/mol. The number of rotatable bonds is 3. The molecule has 0 aliphatic heterocycles. The number of carbonyl (C=O) groups excluding carboxylic acids is 1. The van der Waals surface area contributed by atoms with Gasteiger partial charge in [-0.2, -0.15) is 0 Å². The topological polar surface area (TPSA) is 98.5 Å². The first-order chi connectivity index (χ1) is 8.55. The molecule has 0 fully saturated rings. The summed E-state index contributed by atoms with van der Waals surface area (Å²) in [5.41, 5.74) is 0.502. The maximum atomic E-state index is 11.5. The first-order valence-corrected chi connectivity index (χ1v) is 7.36. The van der Waals surface area contributed by atoms with Gasteiger partial charge in [-0.15, -0.1) is 0 Å². The van der Waals surface area contributed by atoms with Gasteiger partial charge in [-0.25, -0.2) is 18.4 Å². The molecule has 1 aromatic carbocycles. The molecule has 0 spiro atoms. The highest BCUT2D eigenvalue weighted by Gasteiger charge is 2.16. The summed E-state index contributed by atoms with van der Waals surface area (Å²) in [6, 6.07) is 6.34. The second-order valence-corrected chi connectivity index (χ2v) is 6.75. The third kappa shape index (κ3) is 6.78. The Morgan fingerprint density at radius 2 is 1.79 bits per heavy atom. The molecule has 0 unspecified atom stereocenters. The van der Waals surface area contributed by atoms with Crippen LogP contribution in [-0.4, -0.2) is 20.1 Å². The van der Waals surface area contributed by atoms with Gasteiger partial charge in [0, 0.05) is 5.69 Å². The van der Waals surface area contributed by atoms with E-state index < -0.39 is 21.7 Å². The average Bonchev–Trinajstić information content (AvgIpc) is 2.15. The third-order valence-corrected chi connectivity index (χ3v) is 2.70. The lowest BCUT2D eigenvalue weighted by Gasteiger charge is -2.19. The van der Waals surface area contributed by atoms with Crippen LogP contribution in [0.15, 0.2) is 24.3 Å². The number of nitrogens with one attached hydrogen (secondary N) is 1. The second kappa shape index (κ2) is 5.58. The summed E-state index contributed by atoms with van der Waals surface area (Å²) >= 11 is 0. The van der Waals surface area contributed by atoms with Gasteiger partial charge in [0.15, 0.2) is 0 Å². The normalized spacial score (nSPS) is 12.0. The van der Waals surface area contributed by atoms with Gasteiger partial charge < -0.3 is 4.74 Å². The highest BCUT2D eigenvalue weighted by molar-refractivity contribution is 7.88. The standard InChI is InChI=1S/C12H18N2O4S/c1-12(2,3)18-11(15)14-10-6-4-9(5-7-10)8-19(13,16)17/h4-7H,8H2,1-3H3,(H,14,15)(H2,13,16,17). The van der Waals surface area contributed by atoms with Crippen molar-refractivity contribution in [3.05, 3.63) is 29.8 Å². The zero-order valence-corrected chi connectivity index (χ0v) is 12.0. The maximum absolute atomic E-state index is 11.5. The van der Waals surface area contributed by atoms with E-state index in [0.717, 1.165) is 0 Å². The lowest BCUT2D eigenvalue weighted by molar-refractivity contribution is 0.0636. The number of amides is 1. The molecule has 0 saturated carbocycles. The van der Waals surface area contributed by atoms with E-state index in [1.54, 1.807) is 45.0 Å². The van der Waals surface area contributed by atoms with E-state index >= 15 is 0 Å². The first kappa shape index (κ1) is 15.5. The zero-order valence-electron chi connectivity index (χ0n) is 11.1. The molecule has 0 radical (unpaired) electrons. The lowest BCUT2D eigenvalue weighted by Crippen LogP contribution is -2.27. The molecule has 0 atom stereocenters. The minimum Gasteiger partial charge on any atom is -0.444 e. The molecular weight excluding hydrogens is 268 g/mol. The van der Waals surface area contributed by atoms with Crippen LogP contribution in [0.1, 0.15) is 26.3 Å². The van der Waals surface area contributed by atoms with Crippen LogP contribution in [0.4, 0.5) is 10.5 Å². The molecule has 7 heteroatoms. The smallest absolute Gasteiger partial charge is 0.412 e. The molecule has 0 aliphatic carbocycles. The molecule has 0 saturated heterocycles. The Morgan fingerprint density at radius 1 is 1.26 bits per heavy atom. The van der Waals surface area contributed by atoms with Crippen LogP contribution in [0.3, 0.4) is 0 Å². The Morgan fingerprint density at radius 3 is 2.21 bits per heavy atom. The average molecular weight is 286 g/mol. The van der Waals surface area contributed by atoms with Crippen molar-refractivity contribution in [3.63, 3.8) is 0 Å². The number of hydrogen-bond donors (Lipinski definition) is 2. The summed E-state index contributed by atoms with van der Waals surface area (Å²) in [7, 11) is -3.55. The van der Waals surface area contributed by atoms with Gasteiger partial charge in [0.2, 0.25) is 10.0 Å². The van der Waals surface area contributed by atoms with Crippen molar-refractivity contribution in [2.45, 2.75) is 32.1 Å². The van der Waals surface area contributed by atoms with Crippen LogP contribution >= 0.6 is 0 Å². The van der Waals surface area contributed by atoms with Crippen molar-refractivity contribution in [1.29, 1.82) is 0 Å². The fraction of sp³-hybridized carbons (Fsp3) is 0.417. The van der Waals surface area contributed by atoms with Crippen LogP contribution < -0.4 is 10.5 Å². The number of ether oxygens (including phenoxy) is 1. The Bertz CT molecular complexity index is 544. The molecule has 0 bridgehead atoms. The van der Waals surface area contributed by atoms with Gasteiger partial charge in [0.25, 0.3) is 0 Å². The number of primary sulfonamides is 1. The van der Waals surface area contributed by atoms with Crippen molar-refractivity contribution in [1.82, 2.24) is 0 Å². The molecule has 106 valence electrons. The molecule has 1 aromatic rings. The first-order valence-electron chi connectivity index (χ1n) is 5.65. The summed E-state index contributed by atoms with van der Waals surface area (Å²) in [6.45, 7) is 5.30. The summed E-state index contributed by atoms with van der Waals surface area (Å²) < 4.78 is 26.9. The van der Waals surface area contributed by atoms with Gasteiger partial charge in [0.1, 0.15) is 5.60 Å². The Labute approximate surface area is 113 Å². The summed E-state index contributed by atoms with van der Waals surface area (Å²) in [6.07, 6.45) is -0.563. The molecule has 1 amide bonds. The number of carbonyl (C=O) groups is 1. The van der Waals surface area contributed by atoms with E-state index in [1.165, 1.54) is 0 Å². The monoisotopic (exact) mass is 286 g/mol. The largest absolute Gasteiger partial charge is 0.444 e. The van der Waals surface area contributed by atoms with Crippen LogP contribution in [0.25, 0.3) is 0 Å². The van der Waals surface area contributed by atoms with E-state index in [4.69, 9.17) is 9.88 Å². The lowest BCUT2D eigenvalue weighted by atomic mass is 10.2. The summed E-state index contributed by atoms with van der Waals surface area (Å²) in [5.74, 6) is -0.236. The van der Waals surface area contributed by atoms with Gasteiger partial charge in [0.05, 0.1) is 5.75 Å². The molecule has 6 nitrogen and oxygen atoms in total. The molecule has 0 aliphatic rings. The highest BCUT2D eigenvalue weighted by atomic mass is 32.2. The Balaban J connectivity index is 2.65. The number of sulfonamides is 1. The van der Waals surface area contributed by atoms with Crippen LogP contribution in [-0.2, 0) is 20.5 Å². The molecule has 0 aromatic heterocycles. The predicted octanol–water partition coefficient (Wildman–Crippen LogP) is 1.82. The van der Waals surface area contributed by atoms with E-state index in [-0.39, 0.29) is 5.75 Å². The molecule has 3 N–H and O–H groups in total. The highest BCUT2D eigenvalue weighted by Crippen LogP contribution is 2.13. The van der Waals surface area contributed by atoms with Gasteiger partial charge in [-0.05, 0) is 38.5 Å². The van der Waals surface area contributed by atoms with E-state index in [9.17, 15) is 13.2 Å². The molecule has 19 heavy (non-hydrogen) atoms. The maximum Gasteiger partial charge on any atom is 0.412 e. The summed E-state index contributed by atoms with van der Waals surface area (Å²) in [5, 5.41) is 7.48. The van der Waals surface area contributed by atoms with Crippen LogP contribution in [0, 0.1) is 0 Å². The third-order valence-electron chi connectivity index (χ3n) is 1.97. The number of benzene rings is 1. The molecule has 0 heterocycles. The van der Waals surface area contributed by atoms with Crippen LogP contribution in [0.2, 0.25) is 0 Å². The van der Waals surface area contributed by atoms with Crippen molar-refractivity contribution < 1.29 is 17.9 Å². The number of hydrogen-bond acceptors (Lipinski definition) is 4. The summed E-state index contributed by atoms with van der Waals surface area (Å²) in [4.78, 5) is 11.5. The minimum absolute atomic E-state index is 0.236. The number of nitrogens with two attached hydrogens (primary N) is 1.